The lowest BCUT2D eigenvalue weighted by atomic mass is 10.1. The Morgan fingerprint density at radius 2 is 2.10 bits per heavy atom. The van der Waals surface area contributed by atoms with Crippen molar-refractivity contribution in [2.75, 3.05) is 7.11 Å². The van der Waals surface area contributed by atoms with Crippen molar-refractivity contribution < 1.29 is 9.84 Å². The molecule has 0 aliphatic heterocycles. The van der Waals surface area contributed by atoms with Gasteiger partial charge in [0.1, 0.15) is 6.10 Å². The molecule has 1 N–H and O–H groups in total. The van der Waals surface area contributed by atoms with Crippen LogP contribution in [0.2, 0.25) is 5.02 Å². The maximum Gasteiger partial charge on any atom is 0.233 e. The van der Waals surface area contributed by atoms with Gasteiger partial charge in [-0.05, 0) is 19.4 Å². The lowest BCUT2D eigenvalue weighted by molar-refractivity contribution is 0.169. The van der Waals surface area contributed by atoms with Crippen LogP contribution in [-0.2, 0) is 19.4 Å². The number of ether oxygens (including phenoxy) is 1. The number of halogens is 1. The van der Waals surface area contributed by atoms with Crippen LogP contribution < -0.4 is 4.74 Å². The second kappa shape index (κ2) is 6.87. The van der Waals surface area contributed by atoms with Crippen molar-refractivity contribution >= 4 is 11.6 Å². The largest absolute Gasteiger partial charge is 0.480 e. The molecule has 0 radical (unpaired) electrons. The molecule has 0 amide bonds. The summed E-state index contributed by atoms with van der Waals surface area (Å²) in [5, 5.41) is 23.2. The third kappa shape index (κ3) is 3.33. The number of hydrogen-bond acceptors (Lipinski definition) is 5. The summed E-state index contributed by atoms with van der Waals surface area (Å²) in [4.78, 5) is 0. The van der Waals surface area contributed by atoms with Gasteiger partial charge in [-0.25, -0.2) is 0 Å². The van der Waals surface area contributed by atoms with Crippen LogP contribution in [0.4, 0.5) is 0 Å². The molecule has 0 bridgehead atoms. The van der Waals surface area contributed by atoms with Gasteiger partial charge in [-0.15, -0.1) is 10.2 Å². The molecule has 0 saturated heterocycles. The summed E-state index contributed by atoms with van der Waals surface area (Å²) >= 11 is 6.34. The molecule has 1 unspecified atom stereocenters. The van der Waals surface area contributed by atoms with Crippen molar-refractivity contribution in [1.29, 1.82) is 0 Å². The molecule has 2 rings (SSSR count). The number of rotatable bonds is 6. The third-order valence-corrected chi connectivity index (χ3v) is 3.73. The normalized spacial score (nSPS) is 12.4. The highest BCUT2D eigenvalue weighted by Gasteiger charge is 2.19. The van der Waals surface area contributed by atoms with E-state index >= 15 is 0 Å². The Morgan fingerprint density at radius 3 is 2.62 bits per heavy atom. The lowest BCUT2D eigenvalue weighted by Gasteiger charge is -2.11. The van der Waals surface area contributed by atoms with Crippen LogP contribution in [0.1, 0.15) is 37.0 Å². The predicted molar refractivity (Wildman–Crippen MR) is 79.5 cm³/mol. The maximum absolute atomic E-state index is 10.3. The van der Waals surface area contributed by atoms with Gasteiger partial charge >= 0.3 is 0 Å². The standard InChI is InChI=1S/C14H19ClN4O2/c1-4-9-14(15)11(19(5-2)18-9)8-12(20)10-6-7-13(21-3)17-16-10/h6-7,12,20H,4-5,8H2,1-3H3. The van der Waals surface area contributed by atoms with Crippen molar-refractivity contribution in [1.82, 2.24) is 20.0 Å². The van der Waals surface area contributed by atoms with Crippen molar-refractivity contribution in [2.45, 2.75) is 39.3 Å². The van der Waals surface area contributed by atoms with Gasteiger partial charge in [0, 0.05) is 19.0 Å². The molecule has 21 heavy (non-hydrogen) atoms. The number of aliphatic hydroxyl groups excluding tert-OH is 1. The molecule has 2 aromatic heterocycles. The van der Waals surface area contributed by atoms with Gasteiger partial charge in [0.05, 0.1) is 29.2 Å². The molecule has 0 aliphatic rings. The van der Waals surface area contributed by atoms with E-state index in [1.807, 2.05) is 18.5 Å². The topological polar surface area (TPSA) is 73.1 Å². The van der Waals surface area contributed by atoms with Crippen molar-refractivity contribution in [2.24, 2.45) is 0 Å². The fourth-order valence-corrected chi connectivity index (χ4v) is 2.46. The molecular weight excluding hydrogens is 292 g/mol. The first-order valence-corrected chi connectivity index (χ1v) is 7.28. The number of aryl methyl sites for hydroxylation is 2. The number of hydrogen-bond donors (Lipinski definition) is 1. The first-order valence-electron chi connectivity index (χ1n) is 6.90. The third-order valence-electron chi connectivity index (χ3n) is 3.29. The summed E-state index contributed by atoms with van der Waals surface area (Å²) < 4.78 is 6.77. The minimum absolute atomic E-state index is 0.348. The summed E-state index contributed by atoms with van der Waals surface area (Å²) in [7, 11) is 1.52. The summed E-state index contributed by atoms with van der Waals surface area (Å²) in [6.07, 6.45) is 0.324. The highest BCUT2D eigenvalue weighted by Crippen LogP contribution is 2.26. The predicted octanol–water partition coefficient (Wildman–Crippen LogP) is 2.19. The van der Waals surface area contributed by atoms with Crippen LogP contribution >= 0.6 is 11.6 Å². The van der Waals surface area contributed by atoms with E-state index in [4.69, 9.17) is 16.3 Å². The van der Waals surface area contributed by atoms with E-state index in [-0.39, 0.29) is 0 Å². The Labute approximate surface area is 128 Å². The zero-order valence-electron chi connectivity index (χ0n) is 12.4. The van der Waals surface area contributed by atoms with Gasteiger partial charge in [0.25, 0.3) is 0 Å². The lowest BCUT2D eigenvalue weighted by Crippen LogP contribution is -2.10. The second-order valence-electron chi connectivity index (χ2n) is 4.60. The molecule has 2 heterocycles. The monoisotopic (exact) mass is 310 g/mol. The Hall–Kier alpha value is -1.66. The summed E-state index contributed by atoms with van der Waals surface area (Å²) in [5.74, 6) is 0.413. The highest BCUT2D eigenvalue weighted by atomic mass is 35.5. The summed E-state index contributed by atoms with van der Waals surface area (Å²) in [6.45, 7) is 4.70. The molecule has 0 spiro atoms. The second-order valence-corrected chi connectivity index (χ2v) is 4.98. The van der Waals surface area contributed by atoms with Crippen molar-refractivity contribution in [3.05, 3.63) is 34.2 Å². The number of aromatic nitrogens is 4. The Kier molecular flexibility index (Phi) is 5.14. The molecule has 6 nitrogen and oxygen atoms in total. The van der Waals surface area contributed by atoms with Crippen LogP contribution in [0.25, 0.3) is 0 Å². The molecule has 0 aromatic carbocycles. The van der Waals surface area contributed by atoms with E-state index < -0.39 is 6.10 Å². The highest BCUT2D eigenvalue weighted by molar-refractivity contribution is 6.31. The van der Waals surface area contributed by atoms with Crippen molar-refractivity contribution in [3.8, 4) is 5.88 Å². The molecule has 0 fully saturated rings. The minimum atomic E-state index is -0.785. The van der Waals surface area contributed by atoms with Crippen LogP contribution in [0.15, 0.2) is 12.1 Å². The van der Waals surface area contributed by atoms with Gasteiger partial charge in [-0.1, -0.05) is 18.5 Å². The van der Waals surface area contributed by atoms with Gasteiger partial charge in [0.2, 0.25) is 5.88 Å². The number of aliphatic hydroxyl groups is 1. The van der Waals surface area contributed by atoms with E-state index in [1.165, 1.54) is 7.11 Å². The van der Waals surface area contributed by atoms with E-state index in [1.54, 1.807) is 12.1 Å². The fourth-order valence-electron chi connectivity index (χ4n) is 2.12. The molecule has 1 atom stereocenters. The van der Waals surface area contributed by atoms with Gasteiger partial charge in [-0.2, -0.15) is 5.10 Å². The number of methoxy groups -OCH3 is 1. The average Bonchev–Trinajstić information content (AvgIpc) is 2.83. The Morgan fingerprint density at radius 1 is 1.33 bits per heavy atom. The van der Waals surface area contributed by atoms with Crippen LogP contribution in [0, 0.1) is 0 Å². The minimum Gasteiger partial charge on any atom is -0.480 e. The SMILES string of the molecule is CCc1nn(CC)c(CC(O)c2ccc(OC)nn2)c1Cl. The summed E-state index contributed by atoms with van der Waals surface area (Å²) in [5.41, 5.74) is 2.15. The molecular formula is C14H19ClN4O2. The number of nitrogens with zero attached hydrogens (tertiary/aromatic N) is 4. The average molecular weight is 311 g/mol. The van der Waals surface area contributed by atoms with E-state index in [0.29, 0.717) is 29.6 Å². The molecule has 7 heteroatoms. The van der Waals surface area contributed by atoms with Gasteiger partial charge in [0.15, 0.2) is 0 Å². The van der Waals surface area contributed by atoms with Crippen LogP contribution in [-0.4, -0.2) is 32.2 Å². The molecule has 114 valence electrons. The smallest absolute Gasteiger partial charge is 0.233 e. The zero-order chi connectivity index (χ0) is 15.4. The van der Waals surface area contributed by atoms with Crippen LogP contribution in [0.3, 0.4) is 0 Å². The molecule has 2 aromatic rings. The zero-order valence-corrected chi connectivity index (χ0v) is 13.1. The summed E-state index contributed by atoms with van der Waals surface area (Å²) in [6, 6.07) is 3.36. The Balaban J connectivity index is 2.22. The van der Waals surface area contributed by atoms with E-state index in [9.17, 15) is 5.11 Å². The first kappa shape index (κ1) is 15.7. The van der Waals surface area contributed by atoms with Crippen molar-refractivity contribution in [3.63, 3.8) is 0 Å². The Bertz CT molecular complexity index is 598. The van der Waals surface area contributed by atoms with Crippen LogP contribution in [0.5, 0.6) is 5.88 Å². The quantitative estimate of drug-likeness (QED) is 0.885. The van der Waals surface area contributed by atoms with E-state index in [2.05, 4.69) is 15.3 Å². The maximum atomic E-state index is 10.3. The van der Waals surface area contributed by atoms with Gasteiger partial charge in [-0.3, -0.25) is 4.68 Å². The molecule has 0 saturated carbocycles. The van der Waals surface area contributed by atoms with E-state index in [0.717, 1.165) is 17.8 Å². The first-order chi connectivity index (χ1) is 10.1. The van der Waals surface area contributed by atoms with Gasteiger partial charge < -0.3 is 9.84 Å². The fraction of sp³-hybridized carbons (Fsp3) is 0.500. The molecule has 0 aliphatic carbocycles.